The highest BCUT2D eigenvalue weighted by molar-refractivity contribution is 6.12. The van der Waals surface area contributed by atoms with Crippen molar-refractivity contribution in [2.24, 2.45) is 0 Å². The highest BCUT2D eigenvalue weighted by Gasteiger charge is 2.20. The van der Waals surface area contributed by atoms with Gasteiger partial charge in [0.25, 0.3) is 0 Å². The SMILES string of the molecule is c1ccc(-c2ccc(-n3c4ccccc4c4nc5c6ccccc6n(-c6ccccc6)c5nc43)cc2)cc1. The summed E-state index contributed by atoms with van der Waals surface area (Å²) in [4.78, 5) is 10.6. The van der Waals surface area contributed by atoms with Crippen LogP contribution in [0.2, 0.25) is 0 Å². The molecule has 0 saturated heterocycles. The van der Waals surface area contributed by atoms with Crippen molar-refractivity contribution >= 4 is 44.1 Å². The summed E-state index contributed by atoms with van der Waals surface area (Å²) < 4.78 is 4.45. The van der Waals surface area contributed by atoms with Gasteiger partial charge in [-0.2, -0.15) is 0 Å². The van der Waals surface area contributed by atoms with Crippen LogP contribution < -0.4 is 0 Å². The minimum absolute atomic E-state index is 0.853. The van der Waals surface area contributed by atoms with E-state index in [9.17, 15) is 0 Å². The maximum Gasteiger partial charge on any atom is 0.166 e. The monoisotopic (exact) mass is 486 g/mol. The van der Waals surface area contributed by atoms with Crippen LogP contribution in [0.4, 0.5) is 0 Å². The van der Waals surface area contributed by atoms with E-state index >= 15 is 0 Å². The Hall–Kier alpha value is -5.22. The van der Waals surface area contributed by atoms with Crippen molar-refractivity contribution < 1.29 is 0 Å². The standard InChI is InChI=1S/C34H22N4/c1-3-11-23(12-4-1)24-19-21-26(22-20-24)38-30-18-10-8-16-28(30)32-34(38)36-33-31(35-32)27-15-7-9-17-29(27)37(33)25-13-5-2-6-14-25/h1-22H. The minimum Gasteiger partial charge on any atom is -0.292 e. The molecule has 0 saturated carbocycles. The lowest BCUT2D eigenvalue weighted by Gasteiger charge is -2.10. The summed E-state index contributed by atoms with van der Waals surface area (Å²) in [5.74, 6) is 0. The third kappa shape index (κ3) is 3.04. The van der Waals surface area contributed by atoms with E-state index in [-0.39, 0.29) is 0 Å². The molecule has 0 N–H and O–H groups in total. The Labute approximate surface area is 219 Å². The van der Waals surface area contributed by atoms with Gasteiger partial charge < -0.3 is 0 Å². The molecule has 0 bridgehead atoms. The average Bonchev–Trinajstić information content (AvgIpc) is 3.49. The molecular weight excluding hydrogens is 464 g/mol. The molecule has 4 nitrogen and oxygen atoms in total. The Morgan fingerprint density at radius 1 is 0.368 bits per heavy atom. The topological polar surface area (TPSA) is 35.6 Å². The summed E-state index contributed by atoms with van der Waals surface area (Å²) in [6, 6.07) is 46.4. The summed E-state index contributed by atoms with van der Waals surface area (Å²) >= 11 is 0. The Morgan fingerprint density at radius 2 is 0.816 bits per heavy atom. The second-order valence-corrected chi connectivity index (χ2v) is 9.52. The highest BCUT2D eigenvalue weighted by Crippen LogP contribution is 2.36. The molecule has 0 amide bonds. The molecular formula is C34H22N4. The summed E-state index contributed by atoms with van der Waals surface area (Å²) in [5, 5.41) is 2.20. The first kappa shape index (κ1) is 20.9. The summed E-state index contributed by atoms with van der Waals surface area (Å²) in [6.07, 6.45) is 0. The van der Waals surface area contributed by atoms with E-state index in [4.69, 9.17) is 9.97 Å². The van der Waals surface area contributed by atoms with Gasteiger partial charge in [-0.25, -0.2) is 9.97 Å². The third-order valence-electron chi connectivity index (χ3n) is 7.33. The van der Waals surface area contributed by atoms with Crippen LogP contribution in [-0.4, -0.2) is 19.1 Å². The number of aromatic nitrogens is 4. The predicted octanol–water partition coefficient (Wildman–Crippen LogP) is 8.34. The molecule has 0 aliphatic heterocycles. The number of para-hydroxylation sites is 3. The smallest absolute Gasteiger partial charge is 0.166 e. The second-order valence-electron chi connectivity index (χ2n) is 9.52. The molecule has 0 aliphatic carbocycles. The molecule has 3 heterocycles. The lowest BCUT2D eigenvalue weighted by atomic mass is 10.1. The van der Waals surface area contributed by atoms with Gasteiger partial charge in [-0.3, -0.25) is 9.13 Å². The van der Waals surface area contributed by atoms with Gasteiger partial charge in [0.1, 0.15) is 11.0 Å². The van der Waals surface area contributed by atoms with Crippen LogP contribution in [0.25, 0.3) is 66.6 Å². The quantitative estimate of drug-likeness (QED) is 0.252. The third-order valence-corrected chi connectivity index (χ3v) is 7.33. The van der Waals surface area contributed by atoms with Crippen LogP contribution >= 0.6 is 0 Å². The highest BCUT2D eigenvalue weighted by atomic mass is 15.1. The van der Waals surface area contributed by atoms with Gasteiger partial charge in [-0.15, -0.1) is 0 Å². The van der Waals surface area contributed by atoms with Gasteiger partial charge in [-0.05, 0) is 47.5 Å². The fraction of sp³-hybridized carbons (Fsp3) is 0. The number of hydrogen-bond donors (Lipinski definition) is 0. The van der Waals surface area contributed by atoms with Crippen LogP contribution in [0.1, 0.15) is 0 Å². The van der Waals surface area contributed by atoms with E-state index < -0.39 is 0 Å². The Balaban J connectivity index is 1.45. The molecule has 5 aromatic carbocycles. The Bertz CT molecular complexity index is 2100. The van der Waals surface area contributed by atoms with E-state index in [1.807, 2.05) is 12.1 Å². The Kier molecular flexibility index (Phi) is 4.49. The van der Waals surface area contributed by atoms with Gasteiger partial charge in [0.15, 0.2) is 11.3 Å². The van der Waals surface area contributed by atoms with Crippen molar-refractivity contribution in [2.45, 2.75) is 0 Å². The van der Waals surface area contributed by atoms with Crippen molar-refractivity contribution in [1.29, 1.82) is 0 Å². The predicted molar refractivity (Wildman–Crippen MR) is 156 cm³/mol. The molecule has 8 rings (SSSR count). The van der Waals surface area contributed by atoms with E-state index in [2.05, 4.69) is 130 Å². The lowest BCUT2D eigenvalue weighted by Crippen LogP contribution is -1.99. The largest absolute Gasteiger partial charge is 0.292 e. The van der Waals surface area contributed by atoms with Crippen LogP contribution in [0.3, 0.4) is 0 Å². The summed E-state index contributed by atoms with van der Waals surface area (Å²) in [7, 11) is 0. The number of nitrogens with zero attached hydrogens (tertiary/aromatic N) is 4. The van der Waals surface area contributed by atoms with Crippen LogP contribution in [0, 0.1) is 0 Å². The molecule has 8 aromatic rings. The molecule has 178 valence electrons. The van der Waals surface area contributed by atoms with E-state index in [0.717, 1.165) is 55.5 Å². The molecule has 3 aromatic heterocycles. The molecule has 0 aliphatic rings. The fourth-order valence-corrected chi connectivity index (χ4v) is 5.59. The normalized spacial score (nSPS) is 11.7. The molecule has 38 heavy (non-hydrogen) atoms. The maximum absolute atomic E-state index is 5.35. The number of rotatable bonds is 3. The van der Waals surface area contributed by atoms with Gasteiger partial charge in [-0.1, -0.05) is 97.1 Å². The van der Waals surface area contributed by atoms with Crippen molar-refractivity contribution in [3.63, 3.8) is 0 Å². The zero-order valence-electron chi connectivity index (χ0n) is 20.5. The van der Waals surface area contributed by atoms with Gasteiger partial charge in [0.2, 0.25) is 0 Å². The van der Waals surface area contributed by atoms with Crippen LogP contribution in [0.15, 0.2) is 133 Å². The van der Waals surface area contributed by atoms with Gasteiger partial charge in [0, 0.05) is 22.1 Å². The number of fused-ring (bicyclic) bond motifs is 6. The molecule has 0 spiro atoms. The van der Waals surface area contributed by atoms with Gasteiger partial charge >= 0.3 is 0 Å². The Morgan fingerprint density at radius 3 is 1.39 bits per heavy atom. The molecule has 0 atom stereocenters. The van der Waals surface area contributed by atoms with Crippen molar-refractivity contribution in [1.82, 2.24) is 19.1 Å². The fourth-order valence-electron chi connectivity index (χ4n) is 5.59. The zero-order valence-corrected chi connectivity index (χ0v) is 20.5. The second kappa shape index (κ2) is 8.15. The first-order valence-corrected chi connectivity index (χ1v) is 12.8. The van der Waals surface area contributed by atoms with Crippen LogP contribution in [0.5, 0.6) is 0 Å². The van der Waals surface area contributed by atoms with E-state index in [0.29, 0.717) is 0 Å². The first-order valence-electron chi connectivity index (χ1n) is 12.8. The lowest BCUT2D eigenvalue weighted by molar-refractivity contribution is 1.10. The number of hydrogen-bond acceptors (Lipinski definition) is 2. The molecule has 0 unspecified atom stereocenters. The van der Waals surface area contributed by atoms with E-state index in [1.165, 1.54) is 11.1 Å². The van der Waals surface area contributed by atoms with Crippen molar-refractivity contribution in [3.05, 3.63) is 133 Å². The van der Waals surface area contributed by atoms with Gasteiger partial charge in [0.05, 0.1) is 11.0 Å². The number of benzene rings is 5. The van der Waals surface area contributed by atoms with Crippen molar-refractivity contribution in [3.8, 4) is 22.5 Å². The van der Waals surface area contributed by atoms with Crippen LogP contribution in [-0.2, 0) is 0 Å². The summed E-state index contributed by atoms with van der Waals surface area (Å²) in [6.45, 7) is 0. The maximum atomic E-state index is 5.35. The van der Waals surface area contributed by atoms with E-state index in [1.54, 1.807) is 0 Å². The van der Waals surface area contributed by atoms with Crippen molar-refractivity contribution in [2.75, 3.05) is 0 Å². The molecule has 0 radical (unpaired) electrons. The summed E-state index contributed by atoms with van der Waals surface area (Å²) in [5.41, 5.74) is 10.3. The average molecular weight is 487 g/mol. The molecule has 0 fully saturated rings. The minimum atomic E-state index is 0.853. The molecule has 4 heteroatoms. The zero-order chi connectivity index (χ0) is 25.1. The first-order chi connectivity index (χ1) is 18.9.